The number of ether oxygens (including phenoxy) is 4. The zero-order valence-electron chi connectivity index (χ0n) is 57.6. The monoisotopic (exact) mass is 1420 g/mol. The molecule has 2 aromatic heterocycles. The van der Waals surface area contributed by atoms with Gasteiger partial charge in [-0.15, -0.1) is 0 Å². The van der Waals surface area contributed by atoms with Crippen LogP contribution in [-0.2, 0) is 31.5 Å². The van der Waals surface area contributed by atoms with Gasteiger partial charge in [-0.1, -0.05) is 60.7 Å². The van der Waals surface area contributed by atoms with Crippen molar-refractivity contribution in [1.82, 2.24) is 40.4 Å². The molecule has 0 bridgehead atoms. The van der Waals surface area contributed by atoms with Crippen molar-refractivity contribution in [2.24, 2.45) is 11.8 Å². The second-order valence-electron chi connectivity index (χ2n) is 24.8. The Hall–Kier alpha value is -9.70. The van der Waals surface area contributed by atoms with Crippen LogP contribution in [0, 0.1) is 11.8 Å². The number of hydrogen-bond acceptors (Lipinski definition) is 16. The van der Waals surface area contributed by atoms with Gasteiger partial charge in [-0.25, -0.2) is 9.59 Å². The molecule has 0 unspecified atom stereocenters. The predicted molar refractivity (Wildman–Crippen MR) is 369 cm³/mol. The summed E-state index contributed by atoms with van der Waals surface area (Å²) in [5.41, 5.74) is 2.72. The molecular formula is C74H88F6N10O12. The van der Waals surface area contributed by atoms with Gasteiger partial charge in [0.1, 0.15) is 12.7 Å². The molecule has 4 aromatic carbocycles. The minimum atomic E-state index is -4.42. The molecule has 2 saturated heterocycles. The fourth-order valence-electron chi connectivity index (χ4n) is 11.9. The first-order chi connectivity index (χ1) is 49.0. The van der Waals surface area contributed by atoms with Crippen molar-refractivity contribution >= 4 is 46.9 Å². The van der Waals surface area contributed by atoms with Gasteiger partial charge in [-0.3, -0.25) is 19.2 Å². The van der Waals surface area contributed by atoms with E-state index in [2.05, 4.69) is 40.4 Å². The van der Waals surface area contributed by atoms with Crippen molar-refractivity contribution in [2.45, 2.75) is 129 Å². The molecule has 22 nitrogen and oxygen atoms in total. The molecule has 4 aliphatic rings. The Bertz CT molecular complexity index is 3490. The standard InChI is InChI=1S/2C35H42F3N5O4.C4H4O4/c2*1-3-46-32-30(33(47-4-2)40-23-39-32)43(34(45)25-11-12-25)20-8-7-19-42-21-17-27(18-22-42)41-31(44)29-10-6-5-9-28(29)24-13-15-26(16-14-24)35(36,37)38;5-3(6)1-2-4(7)8/h2*5-6,9-10,13-16,23,25,27H,3-4,7-8,11-12,17-22H2,1-2H3,(H,41,44);1-2H,(H,5,6)(H,7,8)/b;;2-1+. The number of amides is 4. The lowest BCUT2D eigenvalue weighted by Gasteiger charge is -2.32. The summed E-state index contributed by atoms with van der Waals surface area (Å²) in [5, 5.41) is 21.9. The molecule has 548 valence electrons. The summed E-state index contributed by atoms with van der Waals surface area (Å²) in [6, 6.07) is 23.7. The lowest BCUT2D eigenvalue weighted by molar-refractivity contribution is -0.138. The summed E-state index contributed by atoms with van der Waals surface area (Å²) in [5.74, 6) is -1.44. The molecule has 102 heavy (non-hydrogen) atoms. The fraction of sp³-hybridized carbons (Fsp3) is 0.459. The Balaban J connectivity index is 0.000000234. The maximum absolute atomic E-state index is 13.4. The molecule has 0 radical (unpaired) electrons. The first-order valence-electron chi connectivity index (χ1n) is 34.6. The van der Waals surface area contributed by atoms with Gasteiger partial charge in [-0.2, -0.15) is 46.3 Å². The Labute approximate surface area is 588 Å². The molecule has 0 atom stereocenters. The van der Waals surface area contributed by atoms with Crippen molar-refractivity contribution in [3.8, 4) is 45.8 Å². The van der Waals surface area contributed by atoms with E-state index in [1.165, 1.54) is 36.9 Å². The SMILES string of the molecule is CCOc1ncnc(OCC)c1N(CCCCN1CCC(NC(=O)c2ccccc2-c2ccc(C(F)(F)F)cc2)CC1)C(=O)C1CC1.CCOc1ncnc(OCC)c1N(CCCCN1CCC(NC(=O)c2ccccc2-c2ccc(C(F)(F)F)cc2)CC1)C(=O)C1CC1.O=C(O)/C=C/C(=O)O. The molecular weight excluding hydrogens is 1330 g/mol. The molecule has 2 aliphatic heterocycles. The average Bonchev–Trinajstić information content (AvgIpc) is 1.45. The molecule has 28 heteroatoms. The van der Waals surface area contributed by atoms with Gasteiger partial charge in [0.2, 0.25) is 35.3 Å². The van der Waals surface area contributed by atoms with Gasteiger partial charge in [0, 0.05) is 86.5 Å². The van der Waals surface area contributed by atoms with E-state index in [1.807, 2.05) is 27.7 Å². The fourth-order valence-corrected chi connectivity index (χ4v) is 11.9. The van der Waals surface area contributed by atoms with Crippen molar-refractivity contribution in [2.75, 3.05) is 88.6 Å². The number of halogens is 6. The zero-order valence-corrected chi connectivity index (χ0v) is 57.6. The Kier molecular flexibility index (Phi) is 28.9. The van der Waals surface area contributed by atoms with Crippen LogP contribution in [0.3, 0.4) is 0 Å². The number of hydrogen-bond donors (Lipinski definition) is 4. The highest BCUT2D eigenvalue weighted by molar-refractivity contribution is 6.02. The van der Waals surface area contributed by atoms with Gasteiger partial charge in [0.25, 0.3) is 11.8 Å². The molecule has 2 aliphatic carbocycles. The molecule has 4 heterocycles. The predicted octanol–water partition coefficient (Wildman–Crippen LogP) is 12.5. The third kappa shape index (κ3) is 22.9. The lowest BCUT2D eigenvalue weighted by atomic mass is 9.97. The van der Waals surface area contributed by atoms with Gasteiger partial charge in [0.15, 0.2) is 11.4 Å². The molecule has 2 saturated carbocycles. The highest BCUT2D eigenvalue weighted by Gasteiger charge is 2.39. The van der Waals surface area contributed by atoms with Crippen LogP contribution in [0.15, 0.2) is 122 Å². The minimum absolute atomic E-state index is 0.00174. The number of piperidine rings is 2. The number of unbranched alkanes of at least 4 members (excludes halogenated alkanes) is 2. The maximum Gasteiger partial charge on any atom is 0.416 e. The summed E-state index contributed by atoms with van der Waals surface area (Å²) in [7, 11) is 0. The molecule has 6 aromatic rings. The first kappa shape index (κ1) is 78.0. The Morgan fingerprint density at radius 2 is 0.784 bits per heavy atom. The second-order valence-corrected chi connectivity index (χ2v) is 24.8. The molecule has 4 N–H and O–H groups in total. The molecule has 10 rings (SSSR count). The van der Waals surface area contributed by atoms with Crippen LogP contribution in [0.1, 0.15) is 137 Å². The van der Waals surface area contributed by atoms with Crippen LogP contribution in [0.4, 0.5) is 37.7 Å². The molecule has 0 spiro atoms. The number of carbonyl (C=O) groups excluding carboxylic acids is 4. The number of likely N-dealkylation sites (tertiary alicyclic amines) is 2. The van der Waals surface area contributed by atoms with E-state index in [9.17, 15) is 55.1 Å². The summed E-state index contributed by atoms with van der Waals surface area (Å²) in [6.07, 6.45) is 5.06. The van der Waals surface area contributed by atoms with Gasteiger partial charge >= 0.3 is 24.3 Å². The van der Waals surface area contributed by atoms with Crippen LogP contribution in [0.25, 0.3) is 22.3 Å². The third-order valence-corrected chi connectivity index (χ3v) is 17.4. The zero-order chi connectivity index (χ0) is 73.3. The number of alkyl halides is 6. The highest BCUT2D eigenvalue weighted by atomic mass is 19.4. The number of carbonyl (C=O) groups is 6. The first-order valence-corrected chi connectivity index (χ1v) is 34.6. The van der Waals surface area contributed by atoms with Crippen molar-refractivity contribution < 1.29 is 84.3 Å². The third-order valence-electron chi connectivity index (χ3n) is 17.4. The quantitative estimate of drug-likeness (QED) is 0.0185. The van der Waals surface area contributed by atoms with E-state index < -0.39 is 35.4 Å². The minimum Gasteiger partial charge on any atom is -0.478 e. The number of aromatic nitrogens is 4. The average molecular weight is 1420 g/mol. The van der Waals surface area contributed by atoms with Crippen LogP contribution in [-0.4, -0.2) is 166 Å². The van der Waals surface area contributed by atoms with E-state index in [4.69, 9.17) is 29.2 Å². The van der Waals surface area contributed by atoms with Gasteiger partial charge < -0.3 is 59.4 Å². The van der Waals surface area contributed by atoms with Gasteiger partial charge in [0.05, 0.1) is 37.6 Å². The van der Waals surface area contributed by atoms with Crippen molar-refractivity contribution in [3.63, 3.8) is 0 Å². The van der Waals surface area contributed by atoms with E-state index in [1.54, 1.807) is 58.3 Å². The smallest absolute Gasteiger partial charge is 0.416 e. The van der Waals surface area contributed by atoms with Crippen LogP contribution in [0.5, 0.6) is 23.5 Å². The van der Waals surface area contributed by atoms with E-state index in [-0.39, 0.29) is 47.5 Å². The molecule has 4 fully saturated rings. The Morgan fingerprint density at radius 3 is 1.07 bits per heavy atom. The van der Waals surface area contributed by atoms with E-state index in [0.29, 0.717) is 120 Å². The topological polar surface area (TPSA) is 268 Å². The summed E-state index contributed by atoms with van der Waals surface area (Å²) >= 11 is 0. The number of carboxylic acids is 2. The number of carboxylic acid groups (broad SMARTS) is 2. The second kappa shape index (κ2) is 37.8. The van der Waals surface area contributed by atoms with E-state index in [0.717, 1.165) is 141 Å². The number of benzene rings is 4. The number of aliphatic carboxylic acids is 2. The Morgan fingerprint density at radius 1 is 0.471 bits per heavy atom. The lowest BCUT2D eigenvalue weighted by Crippen LogP contribution is -2.45. The van der Waals surface area contributed by atoms with Crippen LogP contribution in [0.2, 0.25) is 0 Å². The summed E-state index contributed by atoms with van der Waals surface area (Å²) < 4.78 is 101. The summed E-state index contributed by atoms with van der Waals surface area (Å²) in [4.78, 5) is 97.8. The number of anilines is 2. The van der Waals surface area contributed by atoms with Gasteiger partial charge in [-0.05, 0) is 176 Å². The number of nitrogens with one attached hydrogen (secondary N) is 2. The normalized spacial score (nSPS) is 15.2. The number of rotatable bonds is 30. The van der Waals surface area contributed by atoms with Crippen molar-refractivity contribution in [1.29, 1.82) is 0 Å². The highest BCUT2D eigenvalue weighted by Crippen LogP contribution is 2.42. The summed E-state index contributed by atoms with van der Waals surface area (Å²) in [6.45, 7) is 15.2. The van der Waals surface area contributed by atoms with Crippen LogP contribution < -0.4 is 39.4 Å². The molecule has 4 amide bonds. The largest absolute Gasteiger partial charge is 0.478 e. The van der Waals surface area contributed by atoms with Crippen molar-refractivity contribution in [3.05, 3.63) is 144 Å². The maximum atomic E-state index is 13.4. The van der Waals surface area contributed by atoms with E-state index >= 15 is 0 Å². The number of nitrogens with zero attached hydrogens (tertiary/aromatic N) is 8. The van der Waals surface area contributed by atoms with Crippen LogP contribution >= 0.6 is 0 Å².